The highest BCUT2D eigenvalue weighted by Crippen LogP contribution is 2.16. The molecule has 17 heavy (non-hydrogen) atoms. The third-order valence-corrected chi connectivity index (χ3v) is 3.27. The van der Waals surface area contributed by atoms with Crippen molar-refractivity contribution in [2.45, 2.75) is 32.2 Å². The topological polar surface area (TPSA) is 61.0 Å². The summed E-state index contributed by atoms with van der Waals surface area (Å²) < 4.78 is 0. The maximum atomic E-state index is 11.5. The van der Waals surface area contributed by atoms with Gasteiger partial charge < -0.3 is 15.2 Å². The van der Waals surface area contributed by atoms with Gasteiger partial charge in [-0.15, -0.1) is 0 Å². The minimum absolute atomic E-state index is 0.0570. The number of hydrogen-bond donors (Lipinski definition) is 2. The molecule has 1 aromatic heterocycles. The fourth-order valence-corrected chi connectivity index (χ4v) is 2.24. The van der Waals surface area contributed by atoms with E-state index in [4.69, 9.17) is 0 Å². The molecule has 2 rings (SSSR count). The Bertz CT molecular complexity index is 429. The van der Waals surface area contributed by atoms with Crippen molar-refractivity contribution in [1.29, 1.82) is 0 Å². The van der Waals surface area contributed by atoms with Gasteiger partial charge in [-0.1, -0.05) is 6.92 Å². The van der Waals surface area contributed by atoms with Crippen molar-refractivity contribution in [1.82, 2.24) is 15.3 Å². The standard InChI is InChI=1S/C12H20N4O/c1-3-10-14-11(7-12(17)15-10)16-6-4-5-9(8-16)13-2/h7,9,13H,3-6,8H2,1-2H3,(H,14,15,17). The number of anilines is 1. The van der Waals surface area contributed by atoms with Gasteiger partial charge in [0.05, 0.1) is 0 Å². The van der Waals surface area contributed by atoms with Crippen molar-refractivity contribution in [3.63, 3.8) is 0 Å². The first-order valence-corrected chi connectivity index (χ1v) is 6.25. The van der Waals surface area contributed by atoms with Gasteiger partial charge in [0.15, 0.2) is 0 Å². The Morgan fingerprint density at radius 3 is 3.18 bits per heavy atom. The first-order chi connectivity index (χ1) is 8.22. The van der Waals surface area contributed by atoms with Crippen LogP contribution in [0.3, 0.4) is 0 Å². The summed E-state index contributed by atoms with van der Waals surface area (Å²) in [7, 11) is 1.98. The van der Waals surface area contributed by atoms with Crippen LogP contribution in [-0.2, 0) is 6.42 Å². The lowest BCUT2D eigenvalue weighted by Gasteiger charge is -2.33. The Morgan fingerprint density at radius 2 is 2.47 bits per heavy atom. The molecule has 5 nitrogen and oxygen atoms in total. The first kappa shape index (κ1) is 12.1. The molecular weight excluding hydrogens is 216 g/mol. The molecule has 1 aliphatic heterocycles. The van der Waals surface area contributed by atoms with E-state index in [2.05, 4.69) is 20.2 Å². The van der Waals surface area contributed by atoms with Gasteiger partial charge in [0.25, 0.3) is 5.56 Å². The number of aromatic amines is 1. The Labute approximate surface area is 101 Å². The summed E-state index contributed by atoms with van der Waals surface area (Å²) in [5.74, 6) is 1.57. The summed E-state index contributed by atoms with van der Waals surface area (Å²) in [6.45, 7) is 3.91. The minimum Gasteiger partial charge on any atom is -0.355 e. The molecule has 0 aromatic carbocycles. The molecule has 0 saturated carbocycles. The van der Waals surface area contributed by atoms with Crippen LogP contribution >= 0.6 is 0 Å². The van der Waals surface area contributed by atoms with Crippen LogP contribution < -0.4 is 15.8 Å². The van der Waals surface area contributed by atoms with E-state index in [1.165, 1.54) is 6.42 Å². The highest BCUT2D eigenvalue weighted by molar-refractivity contribution is 5.38. The quantitative estimate of drug-likeness (QED) is 0.803. The van der Waals surface area contributed by atoms with Crippen LogP contribution in [0.1, 0.15) is 25.6 Å². The van der Waals surface area contributed by atoms with Gasteiger partial charge in [-0.25, -0.2) is 4.98 Å². The highest BCUT2D eigenvalue weighted by Gasteiger charge is 2.19. The van der Waals surface area contributed by atoms with E-state index < -0.39 is 0 Å². The average molecular weight is 236 g/mol. The van der Waals surface area contributed by atoms with Crippen molar-refractivity contribution in [2.75, 3.05) is 25.0 Å². The molecule has 5 heteroatoms. The predicted molar refractivity (Wildman–Crippen MR) is 68.5 cm³/mol. The number of aryl methyl sites for hydroxylation is 1. The largest absolute Gasteiger partial charge is 0.355 e. The van der Waals surface area contributed by atoms with Crippen LogP contribution in [0.25, 0.3) is 0 Å². The van der Waals surface area contributed by atoms with Gasteiger partial charge in [0, 0.05) is 31.6 Å². The number of piperidine rings is 1. The second-order valence-corrected chi connectivity index (χ2v) is 4.48. The smallest absolute Gasteiger partial charge is 0.252 e. The van der Waals surface area contributed by atoms with Crippen LogP contribution in [0.15, 0.2) is 10.9 Å². The zero-order valence-electron chi connectivity index (χ0n) is 10.5. The molecule has 0 spiro atoms. The van der Waals surface area contributed by atoms with Crippen molar-refractivity contribution in [3.8, 4) is 0 Å². The van der Waals surface area contributed by atoms with Crippen LogP contribution in [0.4, 0.5) is 5.82 Å². The molecule has 0 aliphatic carbocycles. The molecule has 1 unspecified atom stereocenters. The van der Waals surface area contributed by atoms with E-state index in [1.807, 2.05) is 14.0 Å². The average Bonchev–Trinajstić information content (AvgIpc) is 2.38. The van der Waals surface area contributed by atoms with Gasteiger partial charge in [-0.2, -0.15) is 0 Å². The summed E-state index contributed by atoms with van der Waals surface area (Å²) in [4.78, 5) is 21.0. The molecule has 1 saturated heterocycles. The third kappa shape index (κ3) is 2.85. The van der Waals surface area contributed by atoms with E-state index in [9.17, 15) is 4.79 Å². The molecule has 1 fully saturated rings. The van der Waals surface area contributed by atoms with Crippen LogP contribution in [-0.4, -0.2) is 36.1 Å². The van der Waals surface area contributed by atoms with E-state index in [0.29, 0.717) is 6.04 Å². The van der Waals surface area contributed by atoms with Gasteiger partial charge in [-0.3, -0.25) is 4.79 Å². The Morgan fingerprint density at radius 1 is 1.65 bits per heavy atom. The van der Waals surface area contributed by atoms with E-state index in [0.717, 1.165) is 37.6 Å². The third-order valence-electron chi connectivity index (χ3n) is 3.27. The summed E-state index contributed by atoms with van der Waals surface area (Å²) in [5.41, 5.74) is -0.0570. The molecule has 0 radical (unpaired) electrons. The van der Waals surface area contributed by atoms with Gasteiger partial charge in [0.1, 0.15) is 11.6 Å². The number of nitrogens with zero attached hydrogens (tertiary/aromatic N) is 2. The van der Waals surface area contributed by atoms with Crippen LogP contribution in [0.2, 0.25) is 0 Å². The summed E-state index contributed by atoms with van der Waals surface area (Å²) in [6, 6.07) is 2.09. The summed E-state index contributed by atoms with van der Waals surface area (Å²) >= 11 is 0. The monoisotopic (exact) mass is 236 g/mol. The molecule has 1 aliphatic rings. The fourth-order valence-electron chi connectivity index (χ4n) is 2.24. The SMILES string of the molecule is CCc1nc(N2CCCC(NC)C2)cc(=O)[nH]1. The van der Waals surface area contributed by atoms with Crippen molar-refractivity contribution < 1.29 is 0 Å². The molecule has 1 aromatic rings. The molecule has 94 valence electrons. The molecule has 0 amide bonds. The Hall–Kier alpha value is -1.36. The Balaban J connectivity index is 2.21. The van der Waals surface area contributed by atoms with Gasteiger partial charge in [-0.05, 0) is 19.9 Å². The van der Waals surface area contributed by atoms with Gasteiger partial charge in [0.2, 0.25) is 0 Å². The molecular formula is C12H20N4O. The Kier molecular flexibility index (Phi) is 3.78. The van der Waals surface area contributed by atoms with Crippen molar-refractivity contribution >= 4 is 5.82 Å². The second kappa shape index (κ2) is 5.31. The lowest BCUT2D eigenvalue weighted by molar-refractivity contribution is 0.447. The maximum absolute atomic E-state index is 11.5. The number of nitrogens with one attached hydrogen (secondary N) is 2. The van der Waals surface area contributed by atoms with E-state index >= 15 is 0 Å². The van der Waals surface area contributed by atoms with Crippen LogP contribution in [0, 0.1) is 0 Å². The number of likely N-dealkylation sites (N-methyl/N-ethyl adjacent to an activating group) is 1. The maximum Gasteiger partial charge on any atom is 0.252 e. The number of aromatic nitrogens is 2. The summed E-state index contributed by atoms with van der Waals surface area (Å²) in [6.07, 6.45) is 3.09. The molecule has 2 heterocycles. The van der Waals surface area contributed by atoms with E-state index in [1.54, 1.807) is 6.07 Å². The molecule has 0 bridgehead atoms. The summed E-state index contributed by atoms with van der Waals surface area (Å²) in [5, 5.41) is 3.29. The normalized spacial score (nSPS) is 20.6. The molecule has 1 atom stereocenters. The van der Waals surface area contributed by atoms with Crippen molar-refractivity contribution in [2.24, 2.45) is 0 Å². The minimum atomic E-state index is -0.0570. The lowest BCUT2D eigenvalue weighted by atomic mass is 10.1. The van der Waals surface area contributed by atoms with Crippen LogP contribution in [0.5, 0.6) is 0 Å². The van der Waals surface area contributed by atoms with Gasteiger partial charge >= 0.3 is 0 Å². The van der Waals surface area contributed by atoms with Crippen molar-refractivity contribution in [3.05, 3.63) is 22.2 Å². The zero-order valence-corrected chi connectivity index (χ0v) is 10.5. The lowest BCUT2D eigenvalue weighted by Crippen LogP contribution is -2.45. The molecule has 2 N–H and O–H groups in total. The zero-order chi connectivity index (χ0) is 12.3. The first-order valence-electron chi connectivity index (χ1n) is 6.25. The number of H-pyrrole nitrogens is 1. The second-order valence-electron chi connectivity index (χ2n) is 4.48. The number of hydrogen-bond acceptors (Lipinski definition) is 4. The van der Waals surface area contributed by atoms with E-state index in [-0.39, 0.29) is 5.56 Å². The predicted octanol–water partition coefficient (Wildman–Crippen LogP) is 0.520. The fraction of sp³-hybridized carbons (Fsp3) is 0.667. The highest BCUT2D eigenvalue weighted by atomic mass is 16.1. The number of rotatable bonds is 3.